The minimum Gasteiger partial charge on any atom is -0.504 e. The first-order valence-corrected chi connectivity index (χ1v) is 8.21. The summed E-state index contributed by atoms with van der Waals surface area (Å²) in [5, 5.41) is 20.3. The number of phenols is 1. The number of phenolic OH excluding ortho intramolecular Hbond substituents is 1. The number of aromatic amines is 1. The molecule has 0 atom stereocenters. The molecule has 0 saturated carbocycles. The van der Waals surface area contributed by atoms with E-state index >= 15 is 0 Å². The molecule has 2 heterocycles. The van der Waals surface area contributed by atoms with Gasteiger partial charge in [-0.1, -0.05) is 0 Å². The normalized spacial score (nSPS) is 11.0. The number of hydrogen-bond acceptors (Lipinski definition) is 6. The minimum absolute atomic E-state index is 0.0385. The molecular formula is C17H16N4O3S. The molecule has 3 N–H and O–H groups in total. The van der Waals surface area contributed by atoms with Crippen molar-refractivity contribution < 1.29 is 14.6 Å². The fraction of sp³-hybridized carbons (Fsp3) is 0.118. The molecule has 3 rings (SSSR count). The van der Waals surface area contributed by atoms with Gasteiger partial charge in [-0.25, -0.2) is 5.43 Å². The fourth-order valence-electron chi connectivity index (χ4n) is 2.14. The maximum absolute atomic E-state index is 12.1. The van der Waals surface area contributed by atoms with E-state index < -0.39 is 5.91 Å². The summed E-state index contributed by atoms with van der Waals surface area (Å²) in [4.78, 5) is 14.3. The smallest absolute Gasteiger partial charge is 0.291 e. The average molecular weight is 356 g/mol. The van der Waals surface area contributed by atoms with Crippen molar-refractivity contribution in [2.75, 3.05) is 7.11 Å². The maximum Gasteiger partial charge on any atom is 0.291 e. The lowest BCUT2D eigenvalue weighted by molar-refractivity contribution is 0.0950. The number of aromatic hydroxyl groups is 1. The first-order chi connectivity index (χ1) is 12.1. The van der Waals surface area contributed by atoms with Gasteiger partial charge in [0.1, 0.15) is 0 Å². The molecule has 0 aliphatic carbocycles. The highest BCUT2D eigenvalue weighted by atomic mass is 32.1. The third-order valence-electron chi connectivity index (χ3n) is 3.40. The van der Waals surface area contributed by atoms with Crippen LogP contribution in [0.1, 0.15) is 20.9 Å². The molecule has 0 aliphatic heterocycles. The predicted molar refractivity (Wildman–Crippen MR) is 96.4 cm³/mol. The number of carbonyl (C=O) groups excluding carboxylic acids is 1. The number of methoxy groups -OCH3 is 1. The SMILES string of the molecule is COc1cc(/C=N\NC(=O)c2cc(-c3ccc(C)s3)[nH]n2)ccc1O. The quantitative estimate of drug-likeness (QED) is 0.483. The highest BCUT2D eigenvalue weighted by Gasteiger charge is 2.11. The summed E-state index contributed by atoms with van der Waals surface area (Å²) in [6, 6.07) is 10.4. The Balaban J connectivity index is 1.66. The van der Waals surface area contributed by atoms with Crippen LogP contribution in [-0.4, -0.2) is 34.5 Å². The van der Waals surface area contributed by atoms with E-state index in [-0.39, 0.29) is 11.4 Å². The van der Waals surface area contributed by atoms with Crippen molar-refractivity contribution in [3.8, 4) is 22.1 Å². The molecule has 1 amide bonds. The van der Waals surface area contributed by atoms with E-state index in [1.165, 1.54) is 24.3 Å². The molecule has 2 aromatic heterocycles. The van der Waals surface area contributed by atoms with Crippen LogP contribution in [0.2, 0.25) is 0 Å². The number of amides is 1. The summed E-state index contributed by atoms with van der Waals surface area (Å²) in [5.41, 5.74) is 4.13. The van der Waals surface area contributed by atoms with Crippen LogP contribution >= 0.6 is 11.3 Å². The highest BCUT2D eigenvalue weighted by Crippen LogP contribution is 2.26. The number of rotatable bonds is 5. The zero-order chi connectivity index (χ0) is 17.8. The van der Waals surface area contributed by atoms with Crippen molar-refractivity contribution in [3.05, 3.63) is 52.5 Å². The second-order valence-corrected chi connectivity index (χ2v) is 6.50. The third-order valence-corrected chi connectivity index (χ3v) is 4.43. The lowest BCUT2D eigenvalue weighted by Crippen LogP contribution is -2.18. The molecule has 0 fully saturated rings. The van der Waals surface area contributed by atoms with Gasteiger partial charge in [0.15, 0.2) is 17.2 Å². The zero-order valence-electron chi connectivity index (χ0n) is 13.6. The van der Waals surface area contributed by atoms with Gasteiger partial charge < -0.3 is 9.84 Å². The van der Waals surface area contributed by atoms with E-state index in [0.717, 1.165) is 10.6 Å². The van der Waals surface area contributed by atoms with Gasteiger partial charge in [-0.2, -0.15) is 10.2 Å². The lowest BCUT2D eigenvalue weighted by atomic mass is 10.2. The predicted octanol–water partition coefficient (Wildman–Crippen LogP) is 2.92. The molecule has 0 bridgehead atoms. The van der Waals surface area contributed by atoms with Crippen LogP contribution in [0.5, 0.6) is 11.5 Å². The van der Waals surface area contributed by atoms with Gasteiger partial charge in [-0.05, 0) is 48.9 Å². The average Bonchev–Trinajstić information content (AvgIpc) is 3.25. The van der Waals surface area contributed by atoms with E-state index in [2.05, 4.69) is 20.7 Å². The molecule has 8 heteroatoms. The van der Waals surface area contributed by atoms with Crippen LogP contribution in [-0.2, 0) is 0 Å². The van der Waals surface area contributed by atoms with Gasteiger partial charge in [0.05, 0.1) is 23.9 Å². The van der Waals surface area contributed by atoms with Crippen LogP contribution in [0.15, 0.2) is 41.5 Å². The number of ether oxygens (including phenoxy) is 1. The van der Waals surface area contributed by atoms with Crippen molar-refractivity contribution in [1.29, 1.82) is 0 Å². The molecule has 0 aliphatic rings. The second kappa shape index (κ2) is 7.18. The number of benzene rings is 1. The van der Waals surface area contributed by atoms with Gasteiger partial charge in [-0.15, -0.1) is 11.3 Å². The third kappa shape index (κ3) is 3.86. The molecule has 1 aromatic carbocycles. The van der Waals surface area contributed by atoms with Gasteiger partial charge in [-0.3, -0.25) is 9.89 Å². The monoisotopic (exact) mass is 356 g/mol. The van der Waals surface area contributed by atoms with Crippen LogP contribution in [0.25, 0.3) is 10.6 Å². The van der Waals surface area contributed by atoms with Gasteiger partial charge in [0.25, 0.3) is 5.91 Å². The first-order valence-electron chi connectivity index (χ1n) is 7.39. The van der Waals surface area contributed by atoms with E-state index in [4.69, 9.17) is 4.74 Å². The lowest BCUT2D eigenvalue weighted by Gasteiger charge is -2.03. The molecular weight excluding hydrogens is 340 g/mol. The van der Waals surface area contributed by atoms with Crippen LogP contribution in [0.4, 0.5) is 0 Å². The molecule has 0 radical (unpaired) electrons. The van der Waals surface area contributed by atoms with Crippen LogP contribution in [0, 0.1) is 6.92 Å². The number of hydrogen-bond donors (Lipinski definition) is 3. The Bertz CT molecular complexity index is 930. The minimum atomic E-state index is -0.419. The van der Waals surface area contributed by atoms with E-state index in [1.807, 2.05) is 19.1 Å². The van der Waals surface area contributed by atoms with Crippen molar-refractivity contribution in [2.24, 2.45) is 5.10 Å². The number of hydrazone groups is 1. The number of aryl methyl sites for hydroxylation is 1. The molecule has 3 aromatic rings. The van der Waals surface area contributed by atoms with Gasteiger partial charge >= 0.3 is 0 Å². The van der Waals surface area contributed by atoms with E-state index in [1.54, 1.807) is 29.5 Å². The standard InChI is InChI=1S/C17H16N4O3S/c1-10-3-6-16(25-10)12-8-13(20-19-12)17(23)21-18-9-11-4-5-14(22)15(7-11)24-2/h3-9,22H,1-2H3,(H,19,20)(H,21,23)/b18-9-. The number of thiophene rings is 1. The Kier molecular flexibility index (Phi) is 4.80. The summed E-state index contributed by atoms with van der Waals surface area (Å²) >= 11 is 1.62. The van der Waals surface area contributed by atoms with Crippen molar-refractivity contribution in [3.63, 3.8) is 0 Å². The Morgan fingerprint density at radius 1 is 1.36 bits per heavy atom. The van der Waals surface area contributed by atoms with E-state index in [9.17, 15) is 9.90 Å². The Morgan fingerprint density at radius 2 is 2.20 bits per heavy atom. The molecule has 25 heavy (non-hydrogen) atoms. The van der Waals surface area contributed by atoms with Crippen LogP contribution in [0.3, 0.4) is 0 Å². The van der Waals surface area contributed by atoms with Crippen molar-refractivity contribution in [2.45, 2.75) is 6.92 Å². The second-order valence-electron chi connectivity index (χ2n) is 5.21. The molecule has 128 valence electrons. The summed E-state index contributed by atoms with van der Waals surface area (Å²) in [7, 11) is 1.46. The van der Waals surface area contributed by atoms with Gasteiger partial charge in [0.2, 0.25) is 0 Å². The molecule has 0 saturated heterocycles. The van der Waals surface area contributed by atoms with E-state index in [0.29, 0.717) is 11.3 Å². The Labute approximate surface area is 148 Å². The molecule has 7 nitrogen and oxygen atoms in total. The van der Waals surface area contributed by atoms with Crippen molar-refractivity contribution in [1.82, 2.24) is 15.6 Å². The molecule has 0 spiro atoms. The number of nitrogens with one attached hydrogen (secondary N) is 2. The summed E-state index contributed by atoms with van der Waals surface area (Å²) < 4.78 is 5.02. The van der Waals surface area contributed by atoms with Crippen molar-refractivity contribution >= 4 is 23.5 Å². The van der Waals surface area contributed by atoms with Crippen LogP contribution < -0.4 is 10.2 Å². The highest BCUT2D eigenvalue weighted by molar-refractivity contribution is 7.15. The number of aromatic nitrogens is 2. The Morgan fingerprint density at radius 3 is 2.92 bits per heavy atom. The van der Waals surface area contributed by atoms with Gasteiger partial charge in [0, 0.05) is 4.88 Å². The fourth-order valence-corrected chi connectivity index (χ4v) is 2.97. The number of nitrogens with zero attached hydrogens (tertiary/aromatic N) is 2. The summed E-state index contributed by atoms with van der Waals surface area (Å²) in [6.07, 6.45) is 1.45. The topological polar surface area (TPSA) is 99.6 Å². The maximum atomic E-state index is 12.1. The molecule has 0 unspecified atom stereocenters. The first kappa shape index (κ1) is 16.7. The zero-order valence-corrected chi connectivity index (χ0v) is 14.4. The largest absolute Gasteiger partial charge is 0.504 e. The number of H-pyrrole nitrogens is 1. The Hall–Kier alpha value is -3.13. The summed E-state index contributed by atoms with van der Waals surface area (Å²) in [5.74, 6) is -0.0483. The summed E-state index contributed by atoms with van der Waals surface area (Å²) in [6.45, 7) is 2.02. The number of carbonyl (C=O) groups is 1.